The maximum absolute atomic E-state index is 11.7. The summed E-state index contributed by atoms with van der Waals surface area (Å²) in [6.07, 6.45) is 5.99. The monoisotopic (exact) mass is 312 g/mol. The molecule has 0 fully saturated rings. The van der Waals surface area contributed by atoms with Crippen LogP contribution in [0.5, 0.6) is 0 Å². The Hall–Kier alpha value is -2.87. The second-order valence-electron chi connectivity index (χ2n) is 4.75. The van der Waals surface area contributed by atoms with Crippen LogP contribution in [0.3, 0.4) is 0 Å². The van der Waals surface area contributed by atoms with E-state index >= 15 is 0 Å². The predicted octanol–water partition coefficient (Wildman–Crippen LogP) is 3.35. The normalized spacial score (nSPS) is 11.1. The molecule has 0 aromatic heterocycles. The first-order chi connectivity index (χ1) is 11.1. The van der Waals surface area contributed by atoms with E-state index in [-0.39, 0.29) is 11.5 Å². The van der Waals surface area contributed by atoms with E-state index < -0.39 is 5.97 Å². The number of amides is 1. The summed E-state index contributed by atoms with van der Waals surface area (Å²) >= 11 is 0. The van der Waals surface area contributed by atoms with Crippen molar-refractivity contribution in [2.75, 3.05) is 11.5 Å². The Balaban J connectivity index is 2.81. The van der Waals surface area contributed by atoms with Crippen LogP contribution in [-0.2, 0) is 14.3 Å². The van der Waals surface area contributed by atoms with Crippen molar-refractivity contribution in [3.8, 4) is 6.07 Å². The minimum Gasteiger partial charge on any atom is -0.462 e. The van der Waals surface area contributed by atoms with Crippen molar-refractivity contribution >= 4 is 17.6 Å². The van der Waals surface area contributed by atoms with Gasteiger partial charge in [0.05, 0.1) is 6.61 Å². The van der Waals surface area contributed by atoms with E-state index in [0.717, 1.165) is 12.8 Å². The lowest BCUT2D eigenvalue weighted by molar-refractivity contribution is -0.138. The molecule has 0 aliphatic heterocycles. The van der Waals surface area contributed by atoms with Gasteiger partial charge in [-0.05, 0) is 30.7 Å². The van der Waals surface area contributed by atoms with E-state index in [2.05, 4.69) is 0 Å². The van der Waals surface area contributed by atoms with E-state index in [4.69, 9.17) is 10.00 Å². The zero-order valence-corrected chi connectivity index (χ0v) is 13.4. The molecule has 0 aliphatic rings. The Bertz CT molecular complexity index is 627. The Kier molecular flexibility index (Phi) is 7.87. The standard InChI is InChI=1S/C18H20N2O3/c1-3-4-13-23-18(22)16(14-19)9-8-12-20(15(2)21)17-10-6-5-7-11-17/h5-12H,3-4,13H2,1-2H3. The van der Waals surface area contributed by atoms with Gasteiger partial charge in [0.25, 0.3) is 0 Å². The zero-order valence-electron chi connectivity index (χ0n) is 13.4. The fourth-order valence-corrected chi connectivity index (χ4v) is 1.72. The number of nitrogens with zero attached hydrogens (tertiary/aromatic N) is 2. The highest BCUT2D eigenvalue weighted by Gasteiger charge is 2.10. The number of allylic oxidation sites excluding steroid dienone is 2. The third-order valence-corrected chi connectivity index (χ3v) is 2.94. The molecule has 0 aliphatic carbocycles. The zero-order chi connectivity index (χ0) is 17.1. The number of anilines is 1. The van der Waals surface area contributed by atoms with E-state index in [1.807, 2.05) is 25.1 Å². The first-order valence-corrected chi connectivity index (χ1v) is 7.40. The molecule has 0 unspecified atom stereocenters. The van der Waals surface area contributed by atoms with Crippen LogP contribution < -0.4 is 4.90 Å². The number of benzene rings is 1. The average molecular weight is 312 g/mol. The van der Waals surface area contributed by atoms with Gasteiger partial charge in [0, 0.05) is 18.8 Å². The number of hydrogen-bond acceptors (Lipinski definition) is 4. The summed E-state index contributed by atoms with van der Waals surface area (Å²) in [4.78, 5) is 24.8. The lowest BCUT2D eigenvalue weighted by Gasteiger charge is -2.15. The van der Waals surface area contributed by atoms with Crippen molar-refractivity contribution < 1.29 is 14.3 Å². The highest BCUT2D eigenvalue weighted by molar-refractivity contribution is 5.94. The van der Waals surface area contributed by atoms with Gasteiger partial charge in [-0.1, -0.05) is 31.5 Å². The van der Waals surface area contributed by atoms with Crippen LogP contribution in [0.25, 0.3) is 0 Å². The summed E-state index contributed by atoms with van der Waals surface area (Å²) in [6, 6.07) is 10.9. The maximum Gasteiger partial charge on any atom is 0.348 e. The number of nitriles is 1. The summed E-state index contributed by atoms with van der Waals surface area (Å²) in [5.74, 6) is -0.829. The van der Waals surface area contributed by atoms with Crippen LogP contribution >= 0.6 is 0 Å². The van der Waals surface area contributed by atoms with Gasteiger partial charge in [-0.3, -0.25) is 9.69 Å². The van der Waals surface area contributed by atoms with Crippen molar-refractivity contribution in [3.05, 3.63) is 54.3 Å². The molecule has 0 heterocycles. The van der Waals surface area contributed by atoms with Gasteiger partial charge < -0.3 is 4.74 Å². The fourth-order valence-electron chi connectivity index (χ4n) is 1.72. The molecule has 1 aromatic carbocycles. The molecule has 0 spiro atoms. The average Bonchev–Trinajstić information content (AvgIpc) is 2.55. The van der Waals surface area contributed by atoms with Gasteiger partial charge in [0.15, 0.2) is 0 Å². The minimum absolute atomic E-state index is 0.103. The third-order valence-electron chi connectivity index (χ3n) is 2.94. The quantitative estimate of drug-likeness (QED) is 0.254. The number of carbonyl (C=O) groups excluding carboxylic acids is 2. The lowest BCUT2D eigenvalue weighted by atomic mass is 10.2. The predicted molar refractivity (Wildman–Crippen MR) is 88.3 cm³/mol. The van der Waals surface area contributed by atoms with Gasteiger partial charge in [-0.25, -0.2) is 4.79 Å². The summed E-state index contributed by atoms with van der Waals surface area (Å²) in [7, 11) is 0. The van der Waals surface area contributed by atoms with Gasteiger partial charge in [-0.2, -0.15) is 5.26 Å². The first-order valence-electron chi connectivity index (χ1n) is 7.40. The molecule has 5 nitrogen and oxygen atoms in total. The molecule has 23 heavy (non-hydrogen) atoms. The van der Waals surface area contributed by atoms with Crippen molar-refractivity contribution in [2.45, 2.75) is 26.7 Å². The van der Waals surface area contributed by atoms with E-state index in [0.29, 0.717) is 12.3 Å². The Morgan fingerprint density at radius 3 is 2.57 bits per heavy atom. The molecule has 0 bridgehead atoms. The lowest BCUT2D eigenvalue weighted by Crippen LogP contribution is -2.21. The highest BCUT2D eigenvalue weighted by Crippen LogP contribution is 2.14. The van der Waals surface area contributed by atoms with Crippen molar-refractivity contribution in [1.82, 2.24) is 0 Å². The van der Waals surface area contributed by atoms with E-state index in [1.165, 1.54) is 30.2 Å². The molecule has 1 amide bonds. The molecular weight excluding hydrogens is 292 g/mol. The molecule has 1 aromatic rings. The minimum atomic E-state index is -0.653. The number of unbranched alkanes of at least 4 members (excludes halogenated alkanes) is 1. The topological polar surface area (TPSA) is 70.4 Å². The summed E-state index contributed by atoms with van der Waals surface area (Å²) in [5.41, 5.74) is 0.600. The highest BCUT2D eigenvalue weighted by atomic mass is 16.5. The van der Waals surface area contributed by atoms with E-state index in [1.54, 1.807) is 18.2 Å². The van der Waals surface area contributed by atoms with Gasteiger partial charge >= 0.3 is 5.97 Å². The fraction of sp³-hybridized carbons (Fsp3) is 0.278. The first kappa shape index (κ1) is 18.2. The molecule has 0 radical (unpaired) electrons. The van der Waals surface area contributed by atoms with Crippen molar-refractivity contribution in [2.24, 2.45) is 0 Å². The second-order valence-corrected chi connectivity index (χ2v) is 4.75. The summed E-state index contributed by atoms with van der Waals surface area (Å²) in [6.45, 7) is 3.71. The van der Waals surface area contributed by atoms with Crippen molar-refractivity contribution in [3.63, 3.8) is 0 Å². The number of hydrogen-bond donors (Lipinski definition) is 0. The molecular formula is C18H20N2O3. The third kappa shape index (κ3) is 6.18. The Labute approximate surface area is 136 Å². The number of carbonyl (C=O) groups is 2. The summed E-state index contributed by atoms with van der Waals surface area (Å²) in [5, 5.41) is 9.01. The van der Waals surface area contributed by atoms with Gasteiger partial charge in [0.1, 0.15) is 11.6 Å². The molecule has 120 valence electrons. The van der Waals surface area contributed by atoms with Crippen LogP contribution in [0.15, 0.2) is 54.3 Å². The number of ether oxygens (including phenoxy) is 1. The number of esters is 1. The SMILES string of the molecule is CCCCOC(=O)C(C#N)=CC=CN(C(C)=O)c1ccccc1. The smallest absolute Gasteiger partial charge is 0.348 e. The largest absolute Gasteiger partial charge is 0.462 e. The summed E-state index contributed by atoms with van der Waals surface area (Å²) < 4.78 is 4.98. The van der Waals surface area contributed by atoms with Gasteiger partial charge in [-0.15, -0.1) is 0 Å². The maximum atomic E-state index is 11.7. The van der Waals surface area contributed by atoms with Crippen LogP contribution in [0.2, 0.25) is 0 Å². The van der Waals surface area contributed by atoms with Crippen LogP contribution in [0, 0.1) is 11.3 Å². The Morgan fingerprint density at radius 1 is 1.30 bits per heavy atom. The van der Waals surface area contributed by atoms with Crippen LogP contribution in [-0.4, -0.2) is 18.5 Å². The van der Waals surface area contributed by atoms with Gasteiger partial charge in [0.2, 0.25) is 5.91 Å². The van der Waals surface area contributed by atoms with Crippen molar-refractivity contribution in [1.29, 1.82) is 5.26 Å². The molecule has 0 atom stereocenters. The Morgan fingerprint density at radius 2 is 2.00 bits per heavy atom. The molecule has 0 saturated carbocycles. The number of para-hydroxylation sites is 1. The van der Waals surface area contributed by atoms with E-state index in [9.17, 15) is 9.59 Å². The second kappa shape index (κ2) is 9.96. The number of rotatable bonds is 7. The molecule has 0 N–H and O–H groups in total. The van der Waals surface area contributed by atoms with Crippen LogP contribution in [0.1, 0.15) is 26.7 Å². The molecule has 0 saturated heterocycles. The molecule has 1 rings (SSSR count). The van der Waals surface area contributed by atoms with Crippen LogP contribution in [0.4, 0.5) is 5.69 Å². The molecule has 5 heteroatoms.